The van der Waals surface area contributed by atoms with Crippen LogP contribution in [-0.2, 0) is 19.5 Å². The summed E-state index contributed by atoms with van der Waals surface area (Å²) in [5, 5.41) is 8.69. The maximum absolute atomic E-state index is 14.0. The minimum absolute atomic E-state index is 0.366. The van der Waals surface area contributed by atoms with Crippen molar-refractivity contribution in [2.75, 3.05) is 11.4 Å². The van der Waals surface area contributed by atoms with E-state index in [9.17, 15) is 8.78 Å². The lowest BCUT2D eigenvalue weighted by atomic mass is 9.99. The fourth-order valence-electron chi connectivity index (χ4n) is 3.71. The fraction of sp³-hybridized carbons (Fsp3) is 0.278. The molecule has 0 atom stereocenters. The van der Waals surface area contributed by atoms with E-state index in [1.165, 1.54) is 12.4 Å². The van der Waals surface area contributed by atoms with Crippen molar-refractivity contribution in [1.29, 1.82) is 0 Å². The Hall–Kier alpha value is -3.43. The molecule has 0 saturated carbocycles. The van der Waals surface area contributed by atoms with E-state index in [2.05, 4.69) is 30.1 Å². The van der Waals surface area contributed by atoms with Crippen molar-refractivity contribution >= 4 is 17.1 Å². The Labute approximate surface area is 158 Å². The number of rotatable bonds is 3. The molecule has 1 aromatic carbocycles. The molecule has 0 bridgehead atoms. The van der Waals surface area contributed by atoms with Gasteiger partial charge in [0.05, 0.1) is 6.33 Å². The Kier molecular flexibility index (Phi) is 3.78. The molecule has 28 heavy (non-hydrogen) atoms. The average molecular weight is 382 g/mol. The Balaban J connectivity index is 1.56. The molecule has 0 unspecified atom stereocenters. The van der Waals surface area contributed by atoms with Crippen LogP contribution in [0.5, 0.6) is 0 Å². The van der Waals surface area contributed by atoms with E-state index in [0.717, 1.165) is 6.07 Å². The molecule has 0 spiro atoms. The van der Waals surface area contributed by atoms with Crippen LogP contribution in [-0.4, -0.2) is 41.2 Å². The van der Waals surface area contributed by atoms with Crippen LogP contribution < -0.4 is 4.90 Å². The molecule has 0 amide bonds. The second kappa shape index (κ2) is 6.32. The van der Waals surface area contributed by atoms with Crippen molar-refractivity contribution in [1.82, 2.24) is 34.7 Å². The van der Waals surface area contributed by atoms with Gasteiger partial charge >= 0.3 is 0 Å². The summed E-state index contributed by atoms with van der Waals surface area (Å²) in [6.07, 6.45) is 3.47. The smallest absolute Gasteiger partial charge is 0.227 e. The summed E-state index contributed by atoms with van der Waals surface area (Å²) < 4.78 is 29.6. The minimum Gasteiger partial charge on any atom is -0.341 e. The Bertz CT molecular complexity index is 1180. The van der Waals surface area contributed by atoms with Gasteiger partial charge in [0, 0.05) is 25.7 Å². The van der Waals surface area contributed by atoms with Crippen LogP contribution in [0.2, 0.25) is 0 Å². The molecule has 1 aliphatic rings. The van der Waals surface area contributed by atoms with Gasteiger partial charge < -0.3 is 9.88 Å². The zero-order valence-corrected chi connectivity index (χ0v) is 15.0. The van der Waals surface area contributed by atoms with Crippen LogP contribution >= 0.6 is 0 Å². The van der Waals surface area contributed by atoms with E-state index in [1.807, 2.05) is 16.4 Å². The number of aromatic nitrogens is 7. The van der Waals surface area contributed by atoms with Crippen LogP contribution in [0, 0.1) is 11.6 Å². The monoisotopic (exact) mass is 382 g/mol. The van der Waals surface area contributed by atoms with Crippen LogP contribution in [0.25, 0.3) is 22.7 Å². The van der Waals surface area contributed by atoms with Crippen molar-refractivity contribution in [2.24, 2.45) is 0 Å². The highest BCUT2D eigenvalue weighted by Gasteiger charge is 2.26. The number of anilines is 1. The minimum atomic E-state index is -0.571. The van der Waals surface area contributed by atoms with E-state index in [1.54, 1.807) is 6.33 Å². The van der Waals surface area contributed by atoms with Crippen LogP contribution in [0.4, 0.5) is 14.7 Å². The lowest BCUT2D eigenvalue weighted by molar-refractivity contribution is 0.552. The molecule has 4 heterocycles. The first kappa shape index (κ1) is 16.7. The predicted molar refractivity (Wildman–Crippen MR) is 97.5 cm³/mol. The van der Waals surface area contributed by atoms with Gasteiger partial charge in [-0.1, -0.05) is 0 Å². The molecule has 10 heteroatoms. The number of nitrogens with one attached hydrogen (secondary N) is 1. The van der Waals surface area contributed by atoms with Gasteiger partial charge in [0.15, 0.2) is 11.5 Å². The van der Waals surface area contributed by atoms with Crippen molar-refractivity contribution in [2.45, 2.75) is 26.4 Å². The zero-order valence-electron chi connectivity index (χ0n) is 15.0. The first-order valence-electron chi connectivity index (χ1n) is 8.95. The molecule has 0 radical (unpaired) electrons. The molecule has 3 aromatic heterocycles. The lowest BCUT2D eigenvalue weighted by Crippen LogP contribution is -2.33. The number of benzene rings is 1. The SMILES string of the molecule is CCn1c(-c2ncnc3nc[nH]c23)nnc1N1CCc2c(F)cc(F)cc2C1. The van der Waals surface area contributed by atoms with Crippen molar-refractivity contribution in [3.8, 4) is 11.5 Å². The number of fused-ring (bicyclic) bond motifs is 2. The second-order valence-electron chi connectivity index (χ2n) is 6.59. The summed E-state index contributed by atoms with van der Waals surface area (Å²) in [6, 6.07) is 2.32. The Morgan fingerprint density at radius 3 is 2.89 bits per heavy atom. The van der Waals surface area contributed by atoms with Gasteiger partial charge in [-0.15, -0.1) is 10.2 Å². The van der Waals surface area contributed by atoms with Gasteiger partial charge in [0.25, 0.3) is 0 Å². The molecular weight excluding hydrogens is 366 g/mol. The predicted octanol–water partition coefficient (Wildman–Crippen LogP) is 2.47. The lowest BCUT2D eigenvalue weighted by Gasteiger charge is -2.30. The third-order valence-corrected chi connectivity index (χ3v) is 5.01. The van der Waals surface area contributed by atoms with Crippen molar-refractivity contribution in [3.63, 3.8) is 0 Å². The highest BCUT2D eigenvalue weighted by molar-refractivity contribution is 5.84. The highest BCUT2D eigenvalue weighted by atomic mass is 19.1. The van der Waals surface area contributed by atoms with Crippen LogP contribution in [0.3, 0.4) is 0 Å². The van der Waals surface area contributed by atoms with Crippen LogP contribution in [0.15, 0.2) is 24.8 Å². The number of hydrogen-bond acceptors (Lipinski definition) is 6. The quantitative estimate of drug-likeness (QED) is 0.586. The van der Waals surface area contributed by atoms with Crippen LogP contribution in [0.1, 0.15) is 18.1 Å². The Morgan fingerprint density at radius 2 is 2.04 bits per heavy atom. The summed E-state index contributed by atoms with van der Waals surface area (Å²) in [5.41, 5.74) is 3.04. The van der Waals surface area contributed by atoms with E-state index < -0.39 is 11.6 Å². The standard InChI is InChI=1S/C18H16F2N8/c1-2-28-17(15-14-16(23-8-21-14)24-9-22-15)25-26-18(28)27-4-3-12-10(7-27)5-11(19)6-13(12)20/h5-6,8-9H,2-4,7H2,1H3,(H,21,22,23,24). The molecule has 1 aliphatic heterocycles. The summed E-state index contributed by atoms with van der Waals surface area (Å²) >= 11 is 0. The maximum Gasteiger partial charge on any atom is 0.227 e. The van der Waals surface area contributed by atoms with E-state index in [-0.39, 0.29) is 0 Å². The number of halogens is 2. The number of H-pyrrole nitrogens is 1. The molecule has 0 fully saturated rings. The molecule has 8 nitrogen and oxygen atoms in total. The summed E-state index contributed by atoms with van der Waals surface area (Å²) in [5.74, 6) is 0.165. The summed E-state index contributed by atoms with van der Waals surface area (Å²) in [7, 11) is 0. The highest BCUT2D eigenvalue weighted by Crippen LogP contribution is 2.29. The second-order valence-corrected chi connectivity index (χ2v) is 6.59. The first-order chi connectivity index (χ1) is 13.7. The van der Waals surface area contributed by atoms with E-state index >= 15 is 0 Å². The van der Waals surface area contributed by atoms with Gasteiger partial charge in [-0.25, -0.2) is 23.7 Å². The van der Waals surface area contributed by atoms with Gasteiger partial charge in [0.2, 0.25) is 5.95 Å². The van der Waals surface area contributed by atoms with Gasteiger partial charge in [-0.2, -0.15) is 0 Å². The Morgan fingerprint density at radius 1 is 1.14 bits per heavy atom. The third-order valence-electron chi connectivity index (χ3n) is 5.01. The number of hydrogen-bond donors (Lipinski definition) is 1. The number of nitrogens with zero attached hydrogens (tertiary/aromatic N) is 7. The normalized spacial score (nSPS) is 13.9. The molecule has 0 aliphatic carbocycles. The molecular formula is C18H16F2N8. The maximum atomic E-state index is 14.0. The largest absolute Gasteiger partial charge is 0.341 e. The first-order valence-corrected chi connectivity index (χ1v) is 8.95. The summed E-state index contributed by atoms with van der Waals surface area (Å²) in [4.78, 5) is 17.7. The number of imidazole rings is 1. The molecule has 142 valence electrons. The summed E-state index contributed by atoms with van der Waals surface area (Å²) in [6.45, 7) is 3.53. The van der Waals surface area contributed by atoms with E-state index in [0.29, 0.717) is 65.8 Å². The van der Waals surface area contributed by atoms with E-state index in [4.69, 9.17) is 0 Å². The van der Waals surface area contributed by atoms with Crippen molar-refractivity contribution in [3.05, 3.63) is 47.5 Å². The number of aromatic amines is 1. The van der Waals surface area contributed by atoms with Gasteiger partial charge in [-0.05, 0) is 30.5 Å². The fourth-order valence-corrected chi connectivity index (χ4v) is 3.71. The topological polar surface area (TPSA) is 88.4 Å². The van der Waals surface area contributed by atoms with Crippen molar-refractivity contribution < 1.29 is 8.78 Å². The zero-order chi connectivity index (χ0) is 19.3. The molecule has 1 N–H and O–H groups in total. The van der Waals surface area contributed by atoms with Gasteiger partial charge in [-0.3, -0.25) is 4.57 Å². The molecule has 0 saturated heterocycles. The average Bonchev–Trinajstić information content (AvgIpc) is 3.33. The molecule has 5 rings (SSSR count). The van der Waals surface area contributed by atoms with Gasteiger partial charge in [0.1, 0.15) is 29.2 Å². The third kappa shape index (κ3) is 2.52. The molecule has 4 aromatic rings.